The maximum absolute atomic E-state index is 11.6. The zero-order chi connectivity index (χ0) is 12.1. The highest BCUT2D eigenvalue weighted by molar-refractivity contribution is 7.07. The van der Waals surface area contributed by atoms with Gasteiger partial charge in [-0.2, -0.15) is 0 Å². The first-order valence-corrected chi connectivity index (χ1v) is 6.30. The number of rotatable bonds is 5. The van der Waals surface area contributed by atoms with E-state index in [-0.39, 0.29) is 5.91 Å². The topological polar surface area (TPSA) is 59.8 Å². The van der Waals surface area contributed by atoms with Crippen LogP contribution in [-0.2, 0) is 24.7 Å². The van der Waals surface area contributed by atoms with E-state index in [1.807, 2.05) is 23.2 Å². The van der Waals surface area contributed by atoms with Crippen LogP contribution >= 0.6 is 11.3 Å². The molecule has 1 N–H and O–H groups in total. The van der Waals surface area contributed by atoms with E-state index in [4.69, 9.17) is 0 Å². The number of hydrogen-bond acceptors (Lipinski definition) is 4. The number of aromatic nitrogens is 3. The van der Waals surface area contributed by atoms with Gasteiger partial charge in [0.1, 0.15) is 5.82 Å². The largest absolute Gasteiger partial charge is 0.355 e. The second-order valence-corrected chi connectivity index (χ2v) is 4.43. The average Bonchev–Trinajstić information content (AvgIpc) is 2.91. The average molecular weight is 250 g/mol. The molecule has 90 valence electrons. The summed E-state index contributed by atoms with van der Waals surface area (Å²) in [6.45, 7) is 0.605. The third-order valence-electron chi connectivity index (χ3n) is 2.42. The minimum Gasteiger partial charge on any atom is -0.355 e. The maximum atomic E-state index is 11.6. The van der Waals surface area contributed by atoms with Gasteiger partial charge in [-0.1, -0.05) is 0 Å². The Morgan fingerprint density at radius 2 is 2.41 bits per heavy atom. The molecule has 2 rings (SSSR count). The molecule has 5 nitrogen and oxygen atoms in total. The number of nitrogens with zero attached hydrogens (tertiary/aromatic N) is 3. The fourth-order valence-electron chi connectivity index (χ4n) is 1.50. The van der Waals surface area contributed by atoms with Crippen LogP contribution in [0.4, 0.5) is 0 Å². The zero-order valence-electron chi connectivity index (χ0n) is 9.59. The predicted octanol–water partition coefficient (Wildman–Crippen LogP) is 0.778. The number of carbonyl (C=O) groups is 1. The van der Waals surface area contributed by atoms with Crippen LogP contribution in [0.1, 0.15) is 11.5 Å². The molecule has 2 aromatic heterocycles. The molecule has 0 atom stereocenters. The maximum Gasteiger partial charge on any atom is 0.226 e. The lowest BCUT2D eigenvalue weighted by atomic mass is 10.3. The summed E-state index contributed by atoms with van der Waals surface area (Å²) in [6.07, 6.45) is 4.75. The number of hydrogen-bond donors (Lipinski definition) is 1. The second kappa shape index (κ2) is 5.58. The molecule has 0 aliphatic heterocycles. The Labute approximate surface area is 104 Å². The Morgan fingerprint density at radius 3 is 3.06 bits per heavy atom. The van der Waals surface area contributed by atoms with Gasteiger partial charge in [-0.25, -0.2) is 9.97 Å². The van der Waals surface area contributed by atoms with Crippen molar-refractivity contribution < 1.29 is 4.79 Å². The Morgan fingerprint density at radius 1 is 1.53 bits per heavy atom. The first kappa shape index (κ1) is 11.8. The number of nitrogens with one attached hydrogen (secondary N) is 1. The third kappa shape index (κ3) is 3.39. The lowest BCUT2D eigenvalue weighted by Crippen LogP contribution is -2.27. The monoisotopic (exact) mass is 250 g/mol. The van der Waals surface area contributed by atoms with E-state index < -0.39 is 0 Å². The molecular weight excluding hydrogens is 236 g/mol. The Hall–Kier alpha value is -1.69. The molecule has 2 heterocycles. The van der Waals surface area contributed by atoms with Gasteiger partial charge < -0.3 is 9.88 Å². The van der Waals surface area contributed by atoms with Crippen LogP contribution in [0.3, 0.4) is 0 Å². The minimum atomic E-state index is 0.00473. The SMILES string of the molecule is Cn1ccnc1CCNC(=O)Cc1cscn1. The minimum absolute atomic E-state index is 0.00473. The Bertz CT molecular complexity index is 477. The lowest BCUT2D eigenvalue weighted by molar-refractivity contribution is -0.120. The molecule has 0 aliphatic carbocycles. The molecule has 2 aromatic rings. The van der Waals surface area contributed by atoms with Crippen molar-refractivity contribution in [3.05, 3.63) is 34.8 Å². The lowest BCUT2D eigenvalue weighted by Gasteiger charge is -2.04. The molecule has 0 aliphatic rings. The summed E-state index contributed by atoms with van der Waals surface area (Å²) in [4.78, 5) is 19.8. The van der Waals surface area contributed by atoms with Gasteiger partial charge >= 0.3 is 0 Å². The number of amides is 1. The summed E-state index contributed by atoms with van der Waals surface area (Å²) < 4.78 is 1.95. The molecular formula is C11H14N4OS. The summed E-state index contributed by atoms with van der Waals surface area (Å²) in [6, 6.07) is 0. The van der Waals surface area contributed by atoms with Crippen molar-refractivity contribution in [1.82, 2.24) is 19.9 Å². The molecule has 0 fully saturated rings. The van der Waals surface area contributed by atoms with Crippen molar-refractivity contribution in [3.63, 3.8) is 0 Å². The van der Waals surface area contributed by atoms with Crippen molar-refractivity contribution in [2.75, 3.05) is 6.54 Å². The van der Waals surface area contributed by atoms with Gasteiger partial charge in [0.15, 0.2) is 0 Å². The Kier molecular flexibility index (Phi) is 3.87. The van der Waals surface area contributed by atoms with Crippen molar-refractivity contribution in [2.45, 2.75) is 12.8 Å². The third-order valence-corrected chi connectivity index (χ3v) is 3.05. The molecule has 0 spiro atoms. The summed E-state index contributed by atoms with van der Waals surface area (Å²) in [5.74, 6) is 0.976. The molecule has 0 saturated heterocycles. The van der Waals surface area contributed by atoms with Crippen LogP contribution in [0.25, 0.3) is 0 Å². The molecule has 1 amide bonds. The molecule has 0 bridgehead atoms. The van der Waals surface area contributed by atoms with Gasteiger partial charge in [0.2, 0.25) is 5.91 Å². The molecule has 0 radical (unpaired) electrons. The quantitative estimate of drug-likeness (QED) is 0.853. The standard InChI is InChI=1S/C11H14N4OS/c1-15-5-4-12-10(15)2-3-13-11(16)6-9-7-17-8-14-9/h4-5,7-8H,2-3,6H2,1H3,(H,13,16). The van der Waals surface area contributed by atoms with E-state index in [0.717, 1.165) is 17.9 Å². The summed E-state index contributed by atoms with van der Waals surface area (Å²) in [7, 11) is 1.94. The number of aryl methyl sites for hydroxylation is 1. The van der Waals surface area contributed by atoms with Crippen molar-refractivity contribution in [2.24, 2.45) is 7.05 Å². The van der Waals surface area contributed by atoms with Crippen molar-refractivity contribution in [3.8, 4) is 0 Å². The second-order valence-electron chi connectivity index (χ2n) is 3.71. The highest BCUT2D eigenvalue weighted by Gasteiger charge is 2.05. The van der Waals surface area contributed by atoms with Gasteiger partial charge in [-0.15, -0.1) is 11.3 Å². The summed E-state index contributed by atoms with van der Waals surface area (Å²) in [5.41, 5.74) is 2.56. The smallest absolute Gasteiger partial charge is 0.226 e. The summed E-state index contributed by atoms with van der Waals surface area (Å²) in [5, 5.41) is 4.75. The molecule has 0 aromatic carbocycles. The van der Waals surface area contributed by atoms with E-state index >= 15 is 0 Å². The van der Waals surface area contributed by atoms with Crippen LogP contribution in [0.15, 0.2) is 23.3 Å². The van der Waals surface area contributed by atoms with Crippen LogP contribution in [0.5, 0.6) is 0 Å². The van der Waals surface area contributed by atoms with E-state index in [1.54, 1.807) is 11.7 Å². The van der Waals surface area contributed by atoms with Gasteiger partial charge in [0.25, 0.3) is 0 Å². The summed E-state index contributed by atoms with van der Waals surface area (Å²) >= 11 is 1.50. The fraction of sp³-hybridized carbons (Fsp3) is 0.364. The van der Waals surface area contributed by atoms with Crippen LogP contribution in [0, 0.1) is 0 Å². The van der Waals surface area contributed by atoms with Gasteiger partial charge in [0, 0.05) is 37.8 Å². The molecule has 0 unspecified atom stereocenters. The first-order chi connectivity index (χ1) is 8.25. The molecule has 17 heavy (non-hydrogen) atoms. The number of thiazole rings is 1. The zero-order valence-corrected chi connectivity index (χ0v) is 10.4. The number of carbonyl (C=O) groups excluding carboxylic acids is 1. The first-order valence-electron chi connectivity index (χ1n) is 5.35. The highest BCUT2D eigenvalue weighted by Crippen LogP contribution is 2.01. The van der Waals surface area contributed by atoms with Crippen LogP contribution in [-0.4, -0.2) is 27.0 Å². The van der Waals surface area contributed by atoms with E-state index in [2.05, 4.69) is 15.3 Å². The van der Waals surface area contributed by atoms with Crippen LogP contribution in [0.2, 0.25) is 0 Å². The van der Waals surface area contributed by atoms with E-state index in [0.29, 0.717) is 13.0 Å². The Balaban J connectivity index is 1.72. The van der Waals surface area contributed by atoms with Crippen molar-refractivity contribution >= 4 is 17.2 Å². The van der Waals surface area contributed by atoms with Crippen molar-refractivity contribution in [1.29, 1.82) is 0 Å². The van der Waals surface area contributed by atoms with Gasteiger partial charge in [0.05, 0.1) is 17.6 Å². The molecule has 0 saturated carbocycles. The number of imidazole rings is 1. The van der Waals surface area contributed by atoms with E-state index in [9.17, 15) is 4.79 Å². The normalized spacial score (nSPS) is 10.4. The molecule has 6 heteroatoms. The fourth-order valence-corrected chi connectivity index (χ4v) is 2.06. The van der Waals surface area contributed by atoms with Crippen LogP contribution < -0.4 is 5.32 Å². The predicted molar refractivity (Wildman–Crippen MR) is 65.7 cm³/mol. The highest BCUT2D eigenvalue weighted by atomic mass is 32.1. The van der Waals surface area contributed by atoms with E-state index in [1.165, 1.54) is 11.3 Å². The van der Waals surface area contributed by atoms with Gasteiger partial charge in [-0.3, -0.25) is 4.79 Å². The van der Waals surface area contributed by atoms with Gasteiger partial charge in [-0.05, 0) is 0 Å².